The lowest BCUT2D eigenvalue weighted by atomic mass is 10.2. The molecule has 0 unspecified atom stereocenters. The minimum atomic E-state index is 0.0836. The Morgan fingerprint density at radius 1 is 1.26 bits per heavy atom. The van der Waals surface area contributed by atoms with Crippen molar-refractivity contribution < 1.29 is 9.84 Å². The number of phenols is 1. The SMILES string of the molecule is COc1ccc(C=Nc2ccc(Br)c(Cl)c2)cc1O. The van der Waals surface area contributed by atoms with Gasteiger partial charge in [0.25, 0.3) is 0 Å². The molecule has 0 aromatic heterocycles. The number of ether oxygens (including phenoxy) is 1. The van der Waals surface area contributed by atoms with Crippen LogP contribution in [0.4, 0.5) is 5.69 Å². The van der Waals surface area contributed by atoms with E-state index in [4.69, 9.17) is 16.3 Å². The van der Waals surface area contributed by atoms with Crippen molar-refractivity contribution in [2.24, 2.45) is 4.99 Å². The number of hydrogen-bond acceptors (Lipinski definition) is 3. The molecule has 2 rings (SSSR count). The Bertz CT molecular complexity index is 629. The second kappa shape index (κ2) is 6.08. The first-order valence-corrected chi connectivity index (χ1v) is 6.63. The van der Waals surface area contributed by atoms with Crippen molar-refractivity contribution in [3.8, 4) is 11.5 Å². The number of nitrogens with zero attached hydrogens (tertiary/aromatic N) is 1. The van der Waals surface area contributed by atoms with E-state index in [0.717, 1.165) is 15.7 Å². The zero-order valence-corrected chi connectivity index (χ0v) is 12.4. The molecule has 0 spiro atoms. The van der Waals surface area contributed by atoms with Crippen LogP contribution in [-0.4, -0.2) is 18.4 Å². The third-order valence-electron chi connectivity index (χ3n) is 2.47. The minimum absolute atomic E-state index is 0.0836. The molecule has 0 aliphatic rings. The van der Waals surface area contributed by atoms with Gasteiger partial charge in [-0.25, -0.2) is 0 Å². The third kappa shape index (κ3) is 3.49. The van der Waals surface area contributed by atoms with Crippen LogP contribution in [-0.2, 0) is 0 Å². The Labute approximate surface area is 124 Å². The number of hydrogen-bond donors (Lipinski definition) is 1. The van der Waals surface area contributed by atoms with Gasteiger partial charge in [0, 0.05) is 10.7 Å². The summed E-state index contributed by atoms with van der Waals surface area (Å²) in [5, 5.41) is 10.3. The zero-order valence-electron chi connectivity index (χ0n) is 10.1. The predicted octanol–water partition coefficient (Wildman–Crippen LogP) is 4.57. The van der Waals surface area contributed by atoms with E-state index < -0.39 is 0 Å². The average Bonchev–Trinajstić information content (AvgIpc) is 2.40. The van der Waals surface area contributed by atoms with Crippen LogP contribution >= 0.6 is 27.5 Å². The summed E-state index contributed by atoms with van der Waals surface area (Å²) in [7, 11) is 1.51. The molecule has 2 aromatic rings. The van der Waals surface area contributed by atoms with Crippen molar-refractivity contribution in [3.05, 3.63) is 51.5 Å². The van der Waals surface area contributed by atoms with Gasteiger partial charge < -0.3 is 9.84 Å². The molecule has 3 nitrogen and oxygen atoms in total. The van der Waals surface area contributed by atoms with Crippen LogP contribution in [0.25, 0.3) is 0 Å². The van der Waals surface area contributed by atoms with Gasteiger partial charge in [0.2, 0.25) is 0 Å². The minimum Gasteiger partial charge on any atom is -0.504 e. The smallest absolute Gasteiger partial charge is 0.160 e. The number of aromatic hydroxyl groups is 1. The summed E-state index contributed by atoms with van der Waals surface area (Å²) in [6.07, 6.45) is 1.65. The lowest BCUT2D eigenvalue weighted by molar-refractivity contribution is 0.373. The molecular weight excluding hydrogens is 330 g/mol. The topological polar surface area (TPSA) is 41.8 Å². The first-order chi connectivity index (χ1) is 9.10. The Morgan fingerprint density at radius 3 is 2.68 bits per heavy atom. The fraction of sp³-hybridized carbons (Fsp3) is 0.0714. The molecule has 2 aromatic carbocycles. The van der Waals surface area contributed by atoms with Crippen LogP contribution in [0.5, 0.6) is 11.5 Å². The van der Waals surface area contributed by atoms with Gasteiger partial charge in [0.05, 0.1) is 17.8 Å². The highest BCUT2D eigenvalue weighted by Gasteiger charge is 2.01. The third-order valence-corrected chi connectivity index (χ3v) is 3.70. The van der Waals surface area contributed by atoms with Crippen LogP contribution in [0.15, 0.2) is 45.9 Å². The van der Waals surface area contributed by atoms with E-state index in [9.17, 15) is 5.11 Å². The number of halogens is 2. The van der Waals surface area contributed by atoms with Gasteiger partial charge in [-0.15, -0.1) is 0 Å². The van der Waals surface area contributed by atoms with E-state index in [2.05, 4.69) is 20.9 Å². The fourth-order valence-electron chi connectivity index (χ4n) is 1.50. The summed E-state index contributed by atoms with van der Waals surface area (Å²) in [5.41, 5.74) is 1.51. The molecule has 0 aliphatic heterocycles. The molecule has 0 atom stereocenters. The molecule has 0 radical (unpaired) electrons. The predicted molar refractivity (Wildman–Crippen MR) is 81.1 cm³/mol. The number of phenolic OH excluding ortho intramolecular Hbond substituents is 1. The van der Waals surface area contributed by atoms with E-state index in [0.29, 0.717) is 10.8 Å². The van der Waals surface area contributed by atoms with Gasteiger partial charge in [-0.05, 0) is 57.9 Å². The number of methoxy groups -OCH3 is 1. The van der Waals surface area contributed by atoms with Gasteiger partial charge >= 0.3 is 0 Å². The number of benzene rings is 2. The molecule has 0 heterocycles. The Balaban J connectivity index is 2.22. The van der Waals surface area contributed by atoms with Crippen molar-refractivity contribution in [3.63, 3.8) is 0 Å². The summed E-state index contributed by atoms with van der Waals surface area (Å²) >= 11 is 9.30. The van der Waals surface area contributed by atoms with Gasteiger partial charge in [-0.2, -0.15) is 0 Å². The Morgan fingerprint density at radius 2 is 2.05 bits per heavy atom. The maximum atomic E-state index is 9.66. The number of rotatable bonds is 3. The Kier molecular flexibility index (Phi) is 4.45. The lowest BCUT2D eigenvalue weighted by Gasteiger charge is -2.03. The molecule has 0 saturated carbocycles. The van der Waals surface area contributed by atoms with Crippen molar-refractivity contribution >= 4 is 39.4 Å². The zero-order chi connectivity index (χ0) is 13.8. The maximum Gasteiger partial charge on any atom is 0.160 e. The van der Waals surface area contributed by atoms with Crippen molar-refractivity contribution in [1.82, 2.24) is 0 Å². The lowest BCUT2D eigenvalue weighted by Crippen LogP contribution is -1.86. The highest BCUT2D eigenvalue weighted by Crippen LogP contribution is 2.28. The van der Waals surface area contributed by atoms with Gasteiger partial charge in [0.15, 0.2) is 11.5 Å². The van der Waals surface area contributed by atoms with Crippen LogP contribution in [0.3, 0.4) is 0 Å². The largest absolute Gasteiger partial charge is 0.504 e. The van der Waals surface area contributed by atoms with Crippen LogP contribution in [0.1, 0.15) is 5.56 Å². The fourth-order valence-corrected chi connectivity index (χ4v) is 1.92. The summed E-state index contributed by atoms with van der Waals surface area (Å²) < 4.78 is 5.80. The van der Waals surface area contributed by atoms with Crippen LogP contribution in [0.2, 0.25) is 5.02 Å². The second-order valence-electron chi connectivity index (χ2n) is 3.79. The monoisotopic (exact) mass is 339 g/mol. The average molecular weight is 341 g/mol. The molecule has 0 fully saturated rings. The van der Waals surface area contributed by atoms with E-state index in [1.165, 1.54) is 7.11 Å². The quantitative estimate of drug-likeness (QED) is 0.832. The normalized spacial score (nSPS) is 10.9. The Hall–Kier alpha value is -1.52. The van der Waals surface area contributed by atoms with Gasteiger partial charge in [-0.1, -0.05) is 11.6 Å². The molecule has 0 amide bonds. The van der Waals surface area contributed by atoms with E-state index >= 15 is 0 Å². The summed E-state index contributed by atoms with van der Waals surface area (Å²) in [6.45, 7) is 0. The van der Waals surface area contributed by atoms with Crippen LogP contribution < -0.4 is 4.74 Å². The van der Waals surface area contributed by atoms with Crippen molar-refractivity contribution in [2.75, 3.05) is 7.11 Å². The van der Waals surface area contributed by atoms with Crippen molar-refractivity contribution in [1.29, 1.82) is 0 Å². The summed E-state index contributed by atoms with van der Waals surface area (Å²) in [5.74, 6) is 0.518. The molecule has 19 heavy (non-hydrogen) atoms. The molecule has 98 valence electrons. The van der Waals surface area contributed by atoms with Gasteiger partial charge in [0.1, 0.15) is 0 Å². The van der Waals surface area contributed by atoms with Crippen molar-refractivity contribution in [2.45, 2.75) is 0 Å². The summed E-state index contributed by atoms with van der Waals surface area (Å²) in [6, 6.07) is 10.5. The maximum absolute atomic E-state index is 9.66. The van der Waals surface area contributed by atoms with Gasteiger partial charge in [-0.3, -0.25) is 4.99 Å². The molecule has 0 aliphatic carbocycles. The molecule has 0 saturated heterocycles. The van der Waals surface area contributed by atoms with Crippen LogP contribution in [0, 0.1) is 0 Å². The summed E-state index contributed by atoms with van der Waals surface area (Å²) in [4.78, 5) is 4.29. The standard InChI is InChI=1S/C14H11BrClNO2/c1-19-14-5-2-9(6-13(14)18)8-17-10-3-4-11(15)12(16)7-10/h2-8,18H,1H3. The molecule has 1 N–H and O–H groups in total. The second-order valence-corrected chi connectivity index (χ2v) is 5.05. The highest BCUT2D eigenvalue weighted by atomic mass is 79.9. The first-order valence-electron chi connectivity index (χ1n) is 5.46. The first kappa shape index (κ1) is 13.9. The van der Waals surface area contributed by atoms with E-state index in [-0.39, 0.29) is 5.75 Å². The molecule has 5 heteroatoms. The number of aliphatic imine (C=N–C) groups is 1. The molecular formula is C14H11BrClNO2. The highest BCUT2D eigenvalue weighted by molar-refractivity contribution is 9.10. The van der Waals surface area contributed by atoms with E-state index in [1.807, 2.05) is 18.2 Å². The van der Waals surface area contributed by atoms with E-state index in [1.54, 1.807) is 24.4 Å². The molecule has 0 bridgehead atoms.